The van der Waals surface area contributed by atoms with E-state index in [0.717, 1.165) is 35.6 Å². The standard InChI is InChI=1S/C26H31N9O2/c1-33(2)10-11-35(5)23-9-7-19(16-28-23)29-25(36)24-21-13-17(6-8-22(21)31-32-24)18-12-20(15-27-14-18)30-26(37)34(3)4/h6-9,12-16H,10-11H2,1-5H3,(H,29,36)(H,30,37)(H,31,32). The maximum Gasteiger partial charge on any atom is 0.321 e. The molecule has 3 amide bonds. The molecule has 0 bridgehead atoms. The predicted molar refractivity (Wildman–Crippen MR) is 146 cm³/mol. The van der Waals surface area contributed by atoms with Crippen molar-refractivity contribution >= 4 is 40.0 Å². The van der Waals surface area contributed by atoms with Crippen LogP contribution >= 0.6 is 0 Å². The SMILES string of the molecule is CN(C)CCN(C)c1ccc(NC(=O)c2n[nH]c3ccc(-c4cncc(NC(=O)N(C)C)c4)cc23)cn1. The number of pyridine rings is 2. The molecule has 3 aromatic heterocycles. The first-order valence-corrected chi connectivity index (χ1v) is 11.8. The Morgan fingerprint density at radius 1 is 0.865 bits per heavy atom. The van der Waals surface area contributed by atoms with Crippen LogP contribution in [0.15, 0.2) is 55.0 Å². The van der Waals surface area contributed by atoms with Gasteiger partial charge in [0.1, 0.15) is 5.82 Å². The summed E-state index contributed by atoms with van der Waals surface area (Å²) >= 11 is 0. The molecule has 0 aliphatic heterocycles. The third-order valence-electron chi connectivity index (χ3n) is 5.79. The van der Waals surface area contributed by atoms with E-state index in [1.54, 1.807) is 32.7 Å². The summed E-state index contributed by atoms with van der Waals surface area (Å²) in [7, 11) is 9.38. The molecule has 0 atom stereocenters. The molecule has 0 aliphatic carbocycles. The molecular weight excluding hydrogens is 470 g/mol. The van der Waals surface area contributed by atoms with Gasteiger partial charge in [-0.15, -0.1) is 0 Å². The topological polar surface area (TPSA) is 122 Å². The summed E-state index contributed by atoms with van der Waals surface area (Å²) in [5, 5.41) is 13.5. The van der Waals surface area contributed by atoms with E-state index in [-0.39, 0.29) is 17.6 Å². The lowest BCUT2D eigenvalue weighted by molar-refractivity contribution is 0.102. The predicted octanol–water partition coefficient (Wildman–Crippen LogP) is 3.36. The van der Waals surface area contributed by atoms with Crippen LogP contribution in [0.3, 0.4) is 0 Å². The van der Waals surface area contributed by atoms with Gasteiger partial charge in [0, 0.05) is 51.4 Å². The molecule has 1 aromatic carbocycles. The van der Waals surface area contributed by atoms with E-state index in [2.05, 4.69) is 40.6 Å². The van der Waals surface area contributed by atoms with Gasteiger partial charge in [-0.1, -0.05) is 6.07 Å². The first kappa shape index (κ1) is 25.6. The Labute approximate surface area is 215 Å². The fourth-order valence-corrected chi connectivity index (χ4v) is 3.61. The van der Waals surface area contributed by atoms with Crippen molar-refractivity contribution < 1.29 is 9.59 Å². The number of anilines is 3. The summed E-state index contributed by atoms with van der Waals surface area (Å²) in [6.45, 7) is 1.75. The van der Waals surface area contributed by atoms with Crippen molar-refractivity contribution in [1.29, 1.82) is 0 Å². The summed E-state index contributed by atoms with van der Waals surface area (Å²) in [4.78, 5) is 39.4. The first-order valence-electron chi connectivity index (χ1n) is 11.8. The zero-order valence-corrected chi connectivity index (χ0v) is 21.6. The lowest BCUT2D eigenvalue weighted by atomic mass is 10.0. The van der Waals surface area contributed by atoms with Crippen LogP contribution in [0.5, 0.6) is 0 Å². The van der Waals surface area contributed by atoms with E-state index in [4.69, 9.17) is 0 Å². The van der Waals surface area contributed by atoms with E-state index in [0.29, 0.717) is 16.8 Å². The molecule has 4 aromatic rings. The number of aromatic amines is 1. The quantitative estimate of drug-likeness (QED) is 0.338. The number of aromatic nitrogens is 4. The maximum atomic E-state index is 13.1. The van der Waals surface area contributed by atoms with E-state index < -0.39 is 0 Å². The van der Waals surface area contributed by atoms with Crippen LogP contribution in [0.4, 0.5) is 22.0 Å². The van der Waals surface area contributed by atoms with Crippen LogP contribution < -0.4 is 15.5 Å². The molecule has 3 heterocycles. The van der Waals surface area contributed by atoms with Crippen LogP contribution in [0.25, 0.3) is 22.0 Å². The number of nitrogens with one attached hydrogen (secondary N) is 3. The second-order valence-electron chi connectivity index (χ2n) is 9.20. The van der Waals surface area contributed by atoms with Crippen molar-refractivity contribution in [2.24, 2.45) is 0 Å². The average Bonchev–Trinajstić information content (AvgIpc) is 3.31. The Kier molecular flexibility index (Phi) is 7.63. The van der Waals surface area contributed by atoms with Gasteiger partial charge in [-0.05, 0) is 50.0 Å². The fourth-order valence-electron chi connectivity index (χ4n) is 3.61. The van der Waals surface area contributed by atoms with Gasteiger partial charge in [-0.25, -0.2) is 9.78 Å². The van der Waals surface area contributed by atoms with Crippen LogP contribution in [-0.4, -0.2) is 90.2 Å². The zero-order chi connectivity index (χ0) is 26.5. The number of likely N-dealkylation sites (N-methyl/N-ethyl adjacent to an activating group) is 2. The number of hydrogen-bond donors (Lipinski definition) is 3. The molecule has 0 aliphatic rings. The minimum atomic E-state index is -0.343. The summed E-state index contributed by atoms with van der Waals surface area (Å²) in [5.41, 5.74) is 3.79. The summed E-state index contributed by atoms with van der Waals surface area (Å²) in [6.07, 6.45) is 4.92. The number of rotatable bonds is 8. The van der Waals surface area contributed by atoms with Gasteiger partial charge in [0.15, 0.2) is 5.69 Å². The highest BCUT2D eigenvalue weighted by molar-refractivity contribution is 6.11. The molecule has 37 heavy (non-hydrogen) atoms. The van der Waals surface area contributed by atoms with Crippen molar-refractivity contribution in [3.05, 3.63) is 60.7 Å². The van der Waals surface area contributed by atoms with E-state index in [9.17, 15) is 9.59 Å². The van der Waals surface area contributed by atoms with Crippen molar-refractivity contribution in [3.63, 3.8) is 0 Å². The summed E-state index contributed by atoms with van der Waals surface area (Å²) in [5.74, 6) is 0.483. The first-order chi connectivity index (χ1) is 17.7. The van der Waals surface area contributed by atoms with Crippen LogP contribution in [0, 0.1) is 0 Å². The van der Waals surface area contributed by atoms with E-state index in [1.807, 2.05) is 57.5 Å². The number of carbonyl (C=O) groups is 2. The lowest BCUT2D eigenvalue weighted by Gasteiger charge is -2.20. The Hall–Kier alpha value is -4.51. The Morgan fingerprint density at radius 2 is 1.68 bits per heavy atom. The number of nitrogens with zero attached hydrogens (tertiary/aromatic N) is 6. The molecule has 0 saturated heterocycles. The van der Waals surface area contributed by atoms with Gasteiger partial charge >= 0.3 is 6.03 Å². The van der Waals surface area contributed by atoms with Crippen LogP contribution in [0.2, 0.25) is 0 Å². The van der Waals surface area contributed by atoms with Gasteiger partial charge in [0.2, 0.25) is 0 Å². The molecule has 0 saturated carbocycles. The highest BCUT2D eigenvalue weighted by Gasteiger charge is 2.16. The summed E-state index contributed by atoms with van der Waals surface area (Å²) < 4.78 is 0. The van der Waals surface area contributed by atoms with Gasteiger partial charge in [-0.2, -0.15) is 5.10 Å². The van der Waals surface area contributed by atoms with E-state index in [1.165, 1.54) is 4.90 Å². The normalized spacial score (nSPS) is 11.0. The highest BCUT2D eigenvalue weighted by Crippen LogP contribution is 2.27. The Bertz CT molecular complexity index is 1400. The number of benzene rings is 1. The number of urea groups is 1. The average molecular weight is 502 g/mol. The van der Waals surface area contributed by atoms with Crippen LogP contribution in [0.1, 0.15) is 10.5 Å². The number of hydrogen-bond acceptors (Lipinski definition) is 7. The molecule has 11 nitrogen and oxygen atoms in total. The van der Waals surface area contributed by atoms with Crippen molar-refractivity contribution in [2.75, 3.05) is 63.9 Å². The van der Waals surface area contributed by atoms with Gasteiger partial charge < -0.3 is 25.3 Å². The monoisotopic (exact) mass is 501 g/mol. The van der Waals surface area contributed by atoms with Gasteiger partial charge in [0.05, 0.1) is 29.3 Å². The van der Waals surface area contributed by atoms with Crippen molar-refractivity contribution in [3.8, 4) is 11.1 Å². The highest BCUT2D eigenvalue weighted by atomic mass is 16.2. The van der Waals surface area contributed by atoms with E-state index >= 15 is 0 Å². The zero-order valence-electron chi connectivity index (χ0n) is 21.6. The molecule has 3 N–H and O–H groups in total. The second kappa shape index (κ2) is 11.0. The molecule has 0 radical (unpaired) electrons. The van der Waals surface area contributed by atoms with Crippen LogP contribution in [-0.2, 0) is 0 Å². The number of H-pyrrole nitrogens is 1. The Morgan fingerprint density at radius 3 is 2.38 bits per heavy atom. The fraction of sp³-hybridized carbons (Fsp3) is 0.269. The third kappa shape index (κ3) is 6.19. The number of amides is 3. The van der Waals surface area contributed by atoms with Gasteiger partial charge in [0.25, 0.3) is 5.91 Å². The lowest BCUT2D eigenvalue weighted by Crippen LogP contribution is -2.28. The van der Waals surface area contributed by atoms with Crippen molar-refractivity contribution in [2.45, 2.75) is 0 Å². The Balaban J connectivity index is 1.51. The largest absolute Gasteiger partial charge is 0.358 e. The molecule has 11 heteroatoms. The molecule has 0 spiro atoms. The molecule has 0 fully saturated rings. The minimum Gasteiger partial charge on any atom is -0.358 e. The minimum absolute atomic E-state index is 0.245. The molecule has 192 valence electrons. The maximum absolute atomic E-state index is 13.1. The molecular formula is C26H31N9O2. The van der Waals surface area contributed by atoms with Gasteiger partial charge in [-0.3, -0.25) is 14.9 Å². The molecule has 4 rings (SSSR count). The number of fused-ring (bicyclic) bond motifs is 1. The summed E-state index contributed by atoms with van der Waals surface area (Å²) in [6, 6.07) is 10.9. The molecule has 0 unspecified atom stereocenters. The number of carbonyl (C=O) groups excluding carboxylic acids is 2. The third-order valence-corrected chi connectivity index (χ3v) is 5.79. The smallest absolute Gasteiger partial charge is 0.321 e. The second-order valence-corrected chi connectivity index (χ2v) is 9.20. The van der Waals surface area contributed by atoms with Crippen molar-refractivity contribution in [1.82, 2.24) is 30.0 Å².